The number of anilines is 2. The van der Waals surface area contributed by atoms with Gasteiger partial charge in [-0.25, -0.2) is 4.98 Å². The first-order valence-electron chi connectivity index (χ1n) is 7.66. The quantitative estimate of drug-likeness (QED) is 0.911. The van der Waals surface area contributed by atoms with Crippen LogP contribution in [0.1, 0.15) is 31.2 Å². The maximum Gasteiger partial charge on any atom is 0.224 e. The predicted octanol–water partition coefficient (Wildman–Crippen LogP) is 3.47. The lowest BCUT2D eigenvalue weighted by atomic mass is 10.2. The number of aromatic nitrogens is 2. The molecule has 1 N–H and O–H groups in total. The zero-order valence-electron chi connectivity index (χ0n) is 12.5. The third-order valence-corrected chi connectivity index (χ3v) is 3.98. The molecule has 1 aromatic carbocycles. The van der Waals surface area contributed by atoms with Gasteiger partial charge in [0.15, 0.2) is 0 Å². The summed E-state index contributed by atoms with van der Waals surface area (Å²) in [6, 6.07) is 12.9. The topological polar surface area (TPSA) is 41.1 Å². The summed E-state index contributed by atoms with van der Waals surface area (Å²) in [5.41, 5.74) is 1.28. The van der Waals surface area contributed by atoms with E-state index >= 15 is 0 Å². The van der Waals surface area contributed by atoms with Crippen LogP contribution in [-0.2, 0) is 6.54 Å². The Morgan fingerprint density at radius 3 is 2.67 bits per heavy atom. The molecule has 0 amide bonds. The molecule has 0 unspecified atom stereocenters. The van der Waals surface area contributed by atoms with E-state index in [0.29, 0.717) is 6.04 Å². The summed E-state index contributed by atoms with van der Waals surface area (Å²) in [6.45, 7) is 0.848. The lowest BCUT2D eigenvalue weighted by molar-refractivity contribution is 0.742. The number of hydrogen-bond donors (Lipinski definition) is 1. The van der Waals surface area contributed by atoms with Gasteiger partial charge in [0.05, 0.1) is 0 Å². The maximum atomic E-state index is 4.64. The summed E-state index contributed by atoms with van der Waals surface area (Å²) < 4.78 is 0. The number of nitrogens with one attached hydrogen (secondary N) is 1. The van der Waals surface area contributed by atoms with Crippen molar-refractivity contribution in [3.8, 4) is 0 Å². The van der Waals surface area contributed by atoms with Gasteiger partial charge in [0.25, 0.3) is 0 Å². The fraction of sp³-hybridized carbons (Fsp3) is 0.412. The van der Waals surface area contributed by atoms with Gasteiger partial charge in [-0.15, -0.1) is 0 Å². The second kappa shape index (κ2) is 6.57. The van der Waals surface area contributed by atoms with Gasteiger partial charge in [0.2, 0.25) is 5.95 Å². The van der Waals surface area contributed by atoms with Crippen LogP contribution in [0.3, 0.4) is 0 Å². The van der Waals surface area contributed by atoms with Crippen molar-refractivity contribution >= 4 is 11.8 Å². The second-order valence-corrected chi connectivity index (χ2v) is 5.71. The Morgan fingerprint density at radius 2 is 1.90 bits per heavy atom. The summed E-state index contributed by atoms with van der Waals surface area (Å²) in [5.74, 6) is 1.70. The van der Waals surface area contributed by atoms with Gasteiger partial charge in [-0.05, 0) is 24.5 Å². The molecule has 4 nitrogen and oxygen atoms in total. The molecule has 0 bridgehead atoms. The van der Waals surface area contributed by atoms with Crippen molar-refractivity contribution in [3.05, 3.63) is 48.2 Å². The smallest absolute Gasteiger partial charge is 0.224 e. The first kappa shape index (κ1) is 13.9. The lowest BCUT2D eigenvalue weighted by Gasteiger charge is -2.19. The van der Waals surface area contributed by atoms with Crippen molar-refractivity contribution in [1.29, 1.82) is 0 Å². The highest BCUT2D eigenvalue weighted by Crippen LogP contribution is 2.21. The van der Waals surface area contributed by atoms with Crippen molar-refractivity contribution in [2.75, 3.05) is 17.3 Å². The molecule has 1 aromatic heterocycles. The first-order chi connectivity index (χ1) is 10.3. The van der Waals surface area contributed by atoms with Crippen LogP contribution < -0.4 is 10.2 Å². The Bertz CT molecular complexity index is 564. The molecule has 1 aliphatic rings. The van der Waals surface area contributed by atoms with Crippen LogP contribution in [0.15, 0.2) is 42.6 Å². The molecule has 3 rings (SSSR count). The highest BCUT2D eigenvalue weighted by molar-refractivity contribution is 5.42. The largest absolute Gasteiger partial charge is 0.355 e. The van der Waals surface area contributed by atoms with Crippen molar-refractivity contribution < 1.29 is 0 Å². The molecule has 2 aromatic rings. The van der Waals surface area contributed by atoms with E-state index in [1.54, 1.807) is 0 Å². The van der Waals surface area contributed by atoms with Crippen LogP contribution >= 0.6 is 0 Å². The minimum Gasteiger partial charge on any atom is -0.355 e. The van der Waals surface area contributed by atoms with Gasteiger partial charge in [-0.1, -0.05) is 43.2 Å². The second-order valence-electron chi connectivity index (χ2n) is 5.71. The van der Waals surface area contributed by atoms with E-state index in [1.165, 1.54) is 31.2 Å². The maximum absolute atomic E-state index is 4.64. The number of benzene rings is 1. The molecule has 21 heavy (non-hydrogen) atoms. The fourth-order valence-electron chi connectivity index (χ4n) is 2.82. The molecule has 1 saturated carbocycles. The highest BCUT2D eigenvalue weighted by atomic mass is 15.2. The summed E-state index contributed by atoms with van der Waals surface area (Å²) in [6.07, 6.45) is 6.92. The normalized spacial score (nSPS) is 15.1. The third kappa shape index (κ3) is 3.72. The van der Waals surface area contributed by atoms with Gasteiger partial charge in [-0.3, -0.25) is 0 Å². The zero-order chi connectivity index (χ0) is 14.5. The minimum atomic E-state index is 0.541. The molecule has 0 atom stereocenters. The fourth-order valence-corrected chi connectivity index (χ4v) is 2.82. The van der Waals surface area contributed by atoms with E-state index in [-0.39, 0.29) is 0 Å². The Labute approximate surface area is 126 Å². The molecule has 0 radical (unpaired) electrons. The summed E-state index contributed by atoms with van der Waals surface area (Å²) >= 11 is 0. The number of nitrogens with zero attached hydrogens (tertiary/aromatic N) is 3. The van der Waals surface area contributed by atoms with Crippen LogP contribution in [0, 0.1) is 0 Å². The van der Waals surface area contributed by atoms with E-state index in [9.17, 15) is 0 Å². The van der Waals surface area contributed by atoms with Gasteiger partial charge in [0.1, 0.15) is 5.82 Å². The number of rotatable bonds is 5. The first-order valence-corrected chi connectivity index (χ1v) is 7.66. The zero-order valence-corrected chi connectivity index (χ0v) is 12.5. The molecular formula is C17H22N4. The average molecular weight is 282 g/mol. The molecule has 1 aliphatic carbocycles. The van der Waals surface area contributed by atoms with E-state index in [2.05, 4.69) is 51.5 Å². The molecule has 110 valence electrons. The molecular weight excluding hydrogens is 260 g/mol. The lowest BCUT2D eigenvalue weighted by Crippen LogP contribution is -2.20. The van der Waals surface area contributed by atoms with Crippen molar-refractivity contribution in [2.45, 2.75) is 38.3 Å². The molecule has 4 heteroatoms. The van der Waals surface area contributed by atoms with E-state index in [0.717, 1.165) is 18.3 Å². The van der Waals surface area contributed by atoms with Crippen molar-refractivity contribution in [1.82, 2.24) is 9.97 Å². The van der Waals surface area contributed by atoms with Gasteiger partial charge in [0, 0.05) is 25.8 Å². The molecule has 1 heterocycles. The van der Waals surface area contributed by atoms with Crippen LogP contribution in [-0.4, -0.2) is 23.1 Å². The van der Waals surface area contributed by atoms with Crippen molar-refractivity contribution in [3.63, 3.8) is 0 Å². The molecule has 0 saturated heterocycles. The van der Waals surface area contributed by atoms with Gasteiger partial charge in [-0.2, -0.15) is 4.98 Å². The standard InChI is InChI=1S/C17H22N4/c1-21(13-14-7-3-2-4-8-14)16-11-12-18-17(20-16)19-15-9-5-6-10-15/h2-4,7-8,11-12,15H,5-6,9-10,13H2,1H3,(H,18,19,20). The van der Waals surface area contributed by atoms with Crippen LogP contribution in [0.25, 0.3) is 0 Å². The van der Waals surface area contributed by atoms with Gasteiger partial charge < -0.3 is 10.2 Å². The Balaban J connectivity index is 1.66. The van der Waals surface area contributed by atoms with Crippen molar-refractivity contribution in [2.24, 2.45) is 0 Å². The van der Waals surface area contributed by atoms with Gasteiger partial charge >= 0.3 is 0 Å². The van der Waals surface area contributed by atoms with E-state index in [1.807, 2.05) is 18.3 Å². The molecule has 0 aliphatic heterocycles. The Hall–Kier alpha value is -2.10. The summed E-state index contributed by atoms with van der Waals surface area (Å²) in [4.78, 5) is 11.1. The minimum absolute atomic E-state index is 0.541. The number of hydrogen-bond acceptors (Lipinski definition) is 4. The third-order valence-electron chi connectivity index (χ3n) is 3.98. The van der Waals surface area contributed by atoms with E-state index < -0.39 is 0 Å². The summed E-state index contributed by atoms with van der Waals surface area (Å²) in [5, 5.41) is 3.45. The molecule has 0 spiro atoms. The predicted molar refractivity (Wildman–Crippen MR) is 86.5 cm³/mol. The highest BCUT2D eigenvalue weighted by Gasteiger charge is 2.16. The Morgan fingerprint density at radius 1 is 1.14 bits per heavy atom. The summed E-state index contributed by atoms with van der Waals surface area (Å²) in [7, 11) is 2.06. The average Bonchev–Trinajstić information content (AvgIpc) is 3.01. The SMILES string of the molecule is CN(Cc1ccccc1)c1ccnc(NC2CCCC2)n1. The van der Waals surface area contributed by atoms with E-state index in [4.69, 9.17) is 0 Å². The van der Waals surface area contributed by atoms with Crippen LogP contribution in [0.5, 0.6) is 0 Å². The van der Waals surface area contributed by atoms with Crippen LogP contribution in [0.4, 0.5) is 11.8 Å². The molecule has 1 fully saturated rings. The Kier molecular flexibility index (Phi) is 4.34. The monoisotopic (exact) mass is 282 g/mol. The van der Waals surface area contributed by atoms with Crippen LogP contribution in [0.2, 0.25) is 0 Å².